The van der Waals surface area contributed by atoms with Crippen LogP contribution in [-0.4, -0.2) is 24.5 Å². The molecular formula is C12H8ClFN2O4S. The van der Waals surface area contributed by atoms with Gasteiger partial charge in [0.15, 0.2) is 5.82 Å². The summed E-state index contributed by atoms with van der Waals surface area (Å²) in [5.74, 6) is -2.44. The highest BCUT2D eigenvalue weighted by Crippen LogP contribution is 2.28. The highest BCUT2D eigenvalue weighted by atomic mass is 35.5. The lowest BCUT2D eigenvalue weighted by molar-refractivity contribution is 0.0698. The Hall–Kier alpha value is -2.19. The predicted molar refractivity (Wildman–Crippen MR) is 73.4 cm³/mol. The van der Waals surface area contributed by atoms with Crippen molar-refractivity contribution in [2.45, 2.75) is 5.03 Å². The van der Waals surface area contributed by atoms with Gasteiger partial charge < -0.3 is 5.11 Å². The molecule has 0 saturated carbocycles. The second kappa shape index (κ2) is 5.66. The van der Waals surface area contributed by atoms with Gasteiger partial charge in [0.1, 0.15) is 0 Å². The van der Waals surface area contributed by atoms with Crippen LogP contribution in [-0.2, 0) is 10.0 Å². The minimum Gasteiger partial charge on any atom is -0.478 e. The Labute approximate surface area is 124 Å². The summed E-state index contributed by atoms with van der Waals surface area (Å²) in [6, 6.07) is 5.98. The molecule has 1 heterocycles. The van der Waals surface area contributed by atoms with Crippen LogP contribution >= 0.6 is 11.6 Å². The van der Waals surface area contributed by atoms with Crippen molar-refractivity contribution in [3.63, 3.8) is 0 Å². The fourth-order valence-electron chi connectivity index (χ4n) is 1.56. The number of benzene rings is 1. The van der Waals surface area contributed by atoms with Gasteiger partial charge in [-0.3, -0.25) is 4.72 Å². The summed E-state index contributed by atoms with van der Waals surface area (Å²) in [4.78, 5) is 14.5. The summed E-state index contributed by atoms with van der Waals surface area (Å²) >= 11 is 5.80. The topological polar surface area (TPSA) is 96.4 Å². The van der Waals surface area contributed by atoms with E-state index >= 15 is 0 Å². The van der Waals surface area contributed by atoms with Crippen LogP contribution in [0.2, 0.25) is 5.02 Å². The Balaban J connectivity index is 2.52. The monoisotopic (exact) mass is 330 g/mol. The number of nitrogens with zero attached hydrogens (tertiary/aromatic N) is 1. The number of para-hydroxylation sites is 1. The lowest BCUT2D eigenvalue weighted by Gasteiger charge is -2.11. The Morgan fingerprint density at radius 3 is 2.62 bits per heavy atom. The summed E-state index contributed by atoms with van der Waals surface area (Å²) in [7, 11) is -4.41. The van der Waals surface area contributed by atoms with E-state index in [1.807, 2.05) is 4.72 Å². The molecule has 6 nitrogen and oxygen atoms in total. The maximum Gasteiger partial charge on any atom is 0.337 e. The van der Waals surface area contributed by atoms with Crippen LogP contribution in [0.5, 0.6) is 0 Å². The summed E-state index contributed by atoms with van der Waals surface area (Å²) in [5, 5.41) is 8.05. The largest absolute Gasteiger partial charge is 0.478 e. The molecule has 0 saturated heterocycles. The van der Waals surface area contributed by atoms with E-state index in [2.05, 4.69) is 4.98 Å². The van der Waals surface area contributed by atoms with E-state index in [0.717, 1.165) is 12.3 Å². The van der Waals surface area contributed by atoms with Crippen LogP contribution in [0, 0.1) is 5.82 Å². The highest BCUT2D eigenvalue weighted by molar-refractivity contribution is 7.92. The van der Waals surface area contributed by atoms with Gasteiger partial charge in [-0.2, -0.15) is 8.42 Å². The average Bonchev–Trinajstić information content (AvgIpc) is 2.41. The van der Waals surface area contributed by atoms with E-state index in [1.165, 1.54) is 24.3 Å². The van der Waals surface area contributed by atoms with Gasteiger partial charge in [0.25, 0.3) is 10.0 Å². The molecule has 1 aromatic carbocycles. The van der Waals surface area contributed by atoms with Crippen LogP contribution < -0.4 is 4.72 Å². The van der Waals surface area contributed by atoms with Gasteiger partial charge in [0, 0.05) is 6.20 Å². The molecule has 0 atom stereocenters. The minimum atomic E-state index is -4.41. The maximum atomic E-state index is 13.5. The fraction of sp³-hybridized carbons (Fsp3) is 0. The summed E-state index contributed by atoms with van der Waals surface area (Å²) in [6.07, 6.45) is 1.10. The number of aromatic nitrogens is 1. The molecular weight excluding hydrogens is 323 g/mol. The van der Waals surface area contributed by atoms with Gasteiger partial charge in [-0.1, -0.05) is 17.7 Å². The second-order valence-corrected chi connectivity index (χ2v) is 5.87. The van der Waals surface area contributed by atoms with Crippen molar-refractivity contribution in [2.75, 3.05) is 4.72 Å². The van der Waals surface area contributed by atoms with Crippen molar-refractivity contribution in [1.82, 2.24) is 4.98 Å². The molecule has 21 heavy (non-hydrogen) atoms. The molecule has 2 aromatic rings. The van der Waals surface area contributed by atoms with E-state index in [1.54, 1.807) is 0 Å². The molecule has 0 amide bonds. The molecule has 2 rings (SSSR count). The third-order valence-corrected chi connectivity index (χ3v) is 4.06. The first-order chi connectivity index (χ1) is 9.83. The van der Waals surface area contributed by atoms with Crippen LogP contribution in [0.1, 0.15) is 10.4 Å². The molecule has 110 valence electrons. The Kier molecular flexibility index (Phi) is 4.10. The third kappa shape index (κ3) is 3.11. The van der Waals surface area contributed by atoms with Crippen LogP contribution in [0.4, 0.5) is 10.1 Å². The molecule has 0 fully saturated rings. The van der Waals surface area contributed by atoms with E-state index in [4.69, 9.17) is 16.7 Å². The Bertz CT molecular complexity index is 811. The van der Waals surface area contributed by atoms with Crippen molar-refractivity contribution in [2.24, 2.45) is 0 Å². The van der Waals surface area contributed by atoms with Gasteiger partial charge in [-0.15, -0.1) is 0 Å². The lowest BCUT2D eigenvalue weighted by Crippen LogP contribution is -2.18. The number of sulfonamides is 1. The summed E-state index contributed by atoms with van der Waals surface area (Å²) in [6.45, 7) is 0. The molecule has 0 aliphatic heterocycles. The molecule has 0 aliphatic carbocycles. The van der Waals surface area contributed by atoms with E-state index in [0.29, 0.717) is 0 Å². The van der Waals surface area contributed by atoms with E-state index in [-0.39, 0.29) is 16.3 Å². The molecule has 9 heteroatoms. The molecule has 0 aliphatic rings. The van der Waals surface area contributed by atoms with Crippen LogP contribution in [0.3, 0.4) is 0 Å². The number of pyridine rings is 1. The van der Waals surface area contributed by atoms with Crippen LogP contribution in [0.15, 0.2) is 41.6 Å². The number of carboxylic acids is 1. The maximum absolute atomic E-state index is 13.5. The number of nitrogens with one attached hydrogen (secondary N) is 1. The lowest BCUT2D eigenvalue weighted by atomic mass is 10.2. The molecule has 2 N–H and O–H groups in total. The zero-order chi connectivity index (χ0) is 15.6. The number of aromatic carboxylic acids is 1. The third-order valence-electron chi connectivity index (χ3n) is 2.46. The van der Waals surface area contributed by atoms with Crippen molar-refractivity contribution in [3.8, 4) is 0 Å². The Morgan fingerprint density at radius 1 is 1.29 bits per heavy atom. The number of carbonyl (C=O) groups is 1. The zero-order valence-electron chi connectivity index (χ0n) is 10.2. The van der Waals surface area contributed by atoms with Gasteiger partial charge in [-0.25, -0.2) is 14.2 Å². The van der Waals surface area contributed by atoms with Crippen molar-refractivity contribution >= 4 is 33.3 Å². The quantitative estimate of drug-likeness (QED) is 0.897. The van der Waals surface area contributed by atoms with E-state index in [9.17, 15) is 17.6 Å². The number of hydrogen-bond acceptors (Lipinski definition) is 4. The standard InChI is InChI=1S/C12H8ClFN2O4S/c13-8-4-1-3-7(12(17)18)10(8)16-21(19,20)11-9(14)5-2-6-15-11/h1-6,16H,(H,17,18). The van der Waals surface area contributed by atoms with Crippen molar-refractivity contribution < 1.29 is 22.7 Å². The summed E-state index contributed by atoms with van der Waals surface area (Å²) < 4.78 is 39.6. The number of halogens is 2. The average molecular weight is 331 g/mol. The van der Waals surface area contributed by atoms with Gasteiger partial charge in [0.2, 0.25) is 5.03 Å². The van der Waals surface area contributed by atoms with Crippen LogP contribution in [0.25, 0.3) is 0 Å². The number of rotatable bonds is 4. The molecule has 0 radical (unpaired) electrons. The normalized spacial score (nSPS) is 11.1. The number of anilines is 1. The molecule has 1 aromatic heterocycles. The first kappa shape index (κ1) is 15.2. The highest BCUT2D eigenvalue weighted by Gasteiger charge is 2.24. The Morgan fingerprint density at radius 2 is 2.00 bits per heavy atom. The predicted octanol–water partition coefficient (Wildman–Crippen LogP) is 2.37. The molecule has 0 bridgehead atoms. The minimum absolute atomic E-state index is 0.130. The first-order valence-corrected chi connectivity index (χ1v) is 7.34. The van der Waals surface area contributed by atoms with Crippen molar-refractivity contribution in [3.05, 3.63) is 52.9 Å². The molecule has 0 spiro atoms. The van der Waals surface area contributed by atoms with Gasteiger partial charge in [0.05, 0.1) is 16.3 Å². The second-order valence-electron chi connectivity index (χ2n) is 3.86. The van der Waals surface area contributed by atoms with Crippen molar-refractivity contribution in [1.29, 1.82) is 0 Å². The molecule has 0 unspecified atom stereocenters. The summed E-state index contributed by atoms with van der Waals surface area (Å²) in [5.41, 5.74) is -0.709. The first-order valence-electron chi connectivity index (χ1n) is 5.48. The van der Waals surface area contributed by atoms with E-state index < -0.39 is 26.8 Å². The smallest absolute Gasteiger partial charge is 0.337 e. The SMILES string of the molecule is O=C(O)c1cccc(Cl)c1NS(=O)(=O)c1ncccc1F. The number of hydrogen-bond donors (Lipinski definition) is 2. The van der Waals surface area contributed by atoms with Gasteiger partial charge in [-0.05, 0) is 24.3 Å². The fourth-order valence-corrected chi connectivity index (χ4v) is 2.95. The van der Waals surface area contributed by atoms with Gasteiger partial charge >= 0.3 is 5.97 Å². The number of carboxylic acid groups (broad SMARTS) is 1. The zero-order valence-corrected chi connectivity index (χ0v) is 11.8.